The van der Waals surface area contributed by atoms with Crippen molar-refractivity contribution in [1.82, 2.24) is 25.0 Å². The van der Waals surface area contributed by atoms with Gasteiger partial charge in [0.15, 0.2) is 0 Å². The smallest absolute Gasteiger partial charge is 0.317 e. The molecule has 7 heteroatoms. The van der Waals surface area contributed by atoms with Gasteiger partial charge in [-0.05, 0) is 43.9 Å². The van der Waals surface area contributed by atoms with Crippen LogP contribution >= 0.6 is 0 Å². The topological polar surface area (TPSA) is 63.1 Å². The summed E-state index contributed by atoms with van der Waals surface area (Å²) in [4.78, 5) is 18.3. The van der Waals surface area contributed by atoms with Crippen LogP contribution in [-0.2, 0) is 0 Å². The van der Waals surface area contributed by atoms with E-state index in [-0.39, 0.29) is 23.9 Å². The molecule has 1 aromatic carbocycles. The first-order chi connectivity index (χ1) is 11.5. The van der Waals surface area contributed by atoms with Gasteiger partial charge in [0.05, 0.1) is 12.1 Å². The normalized spacial score (nSPS) is 19.1. The molecule has 2 heterocycles. The molecule has 0 spiro atoms. The summed E-state index contributed by atoms with van der Waals surface area (Å²) < 4.78 is 15.5. The van der Waals surface area contributed by atoms with Crippen LogP contribution in [0, 0.1) is 12.7 Å². The summed E-state index contributed by atoms with van der Waals surface area (Å²) in [7, 11) is 0. The van der Waals surface area contributed by atoms with E-state index in [0.717, 1.165) is 18.4 Å². The molecule has 0 bridgehead atoms. The van der Waals surface area contributed by atoms with Crippen LogP contribution in [0.3, 0.4) is 0 Å². The Labute approximate surface area is 140 Å². The van der Waals surface area contributed by atoms with Crippen molar-refractivity contribution in [2.45, 2.75) is 38.8 Å². The van der Waals surface area contributed by atoms with Gasteiger partial charge < -0.3 is 10.2 Å². The van der Waals surface area contributed by atoms with Gasteiger partial charge in [0.2, 0.25) is 0 Å². The number of rotatable bonds is 3. The van der Waals surface area contributed by atoms with E-state index in [1.165, 1.54) is 12.4 Å². The predicted molar refractivity (Wildman–Crippen MR) is 87.9 cm³/mol. The molecule has 0 aliphatic carbocycles. The van der Waals surface area contributed by atoms with Crippen molar-refractivity contribution < 1.29 is 9.18 Å². The van der Waals surface area contributed by atoms with E-state index in [0.29, 0.717) is 18.7 Å². The van der Waals surface area contributed by atoms with Gasteiger partial charge >= 0.3 is 6.03 Å². The third kappa shape index (κ3) is 3.55. The van der Waals surface area contributed by atoms with Gasteiger partial charge in [0.1, 0.15) is 18.5 Å². The van der Waals surface area contributed by atoms with Crippen LogP contribution in [0.15, 0.2) is 30.9 Å². The van der Waals surface area contributed by atoms with Crippen molar-refractivity contribution in [3.05, 3.63) is 47.8 Å². The Morgan fingerprint density at radius 1 is 1.46 bits per heavy atom. The molecule has 3 rings (SSSR count). The molecule has 0 unspecified atom stereocenters. The van der Waals surface area contributed by atoms with Gasteiger partial charge in [0, 0.05) is 13.1 Å². The molecule has 1 fully saturated rings. The number of urea groups is 1. The number of carbonyl (C=O) groups excluding carboxylic acids is 1. The highest BCUT2D eigenvalue weighted by Gasteiger charge is 2.26. The van der Waals surface area contributed by atoms with E-state index >= 15 is 0 Å². The van der Waals surface area contributed by atoms with Crippen LogP contribution in [-0.4, -0.2) is 38.8 Å². The standard InChI is InChI=1S/C17H22FN5O/c1-12-5-6-14(8-16(12)18)13(2)21-17(24)22-7-3-4-15(9-22)23-11-19-10-20-23/h5-6,8,10-11,13,15H,3-4,7,9H2,1-2H3,(H,21,24)/t13-,15-/m0/s1. The van der Waals surface area contributed by atoms with E-state index in [1.807, 2.05) is 13.0 Å². The fourth-order valence-corrected chi connectivity index (χ4v) is 3.00. The maximum atomic E-state index is 13.7. The Bertz CT molecular complexity index is 703. The third-order valence-corrected chi connectivity index (χ3v) is 4.53. The molecule has 128 valence electrons. The number of nitrogens with zero attached hydrogens (tertiary/aromatic N) is 4. The van der Waals surface area contributed by atoms with Crippen LogP contribution in [0.25, 0.3) is 0 Å². The molecule has 2 atom stereocenters. The fourth-order valence-electron chi connectivity index (χ4n) is 3.00. The molecule has 24 heavy (non-hydrogen) atoms. The zero-order valence-corrected chi connectivity index (χ0v) is 13.9. The zero-order chi connectivity index (χ0) is 17.1. The Morgan fingerprint density at radius 2 is 2.29 bits per heavy atom. The largest absolute Gasteiger partial charge is 0.331 e. The van der Waals surface area contributed by atoms with Crippen molar-refractivity contribution in [3.8, 4) is 0 Å². The average molecular weight is 331 g/mol. The lowest BCUT2D eigenvalue weighted by Crippen LogP contribution is -2.46. The number of carbonyl (C=O) groups is 1. The summed E-state index contributed by atoms with van der Waals surface area (Å²) in [5, 5.41) is 7.12. The third-order valence-electron chi connectivity index (χ3n) is 4.53. The summed E-state index contributed by atoms with van der Waals surface area (Å²) in [5.74, 6) is -0.252. The molecular weight excluding hydrogens is 309 g/mol. The monoisotopic (exact) mass is 331 g/mol. The minimum Gasteiger partial charge on any atom is -0.331 e. The van der Waals surface area contributed by atoms with Crippen LogP contribution in [0.5, 0.6) is 0 Å². The number of hydrogen-bond acceptors (Lipinski definition) is 3. The van der Waals surface area contributed by atoms with Gasteiger partial charge in [0.25, 0.3) is 0 Å². The van der Waals surface area contributed by atoms with E-state index in [4.69, 9.17) is 0 Å². The lowest BCUT2D eigenvalue weighted by molar-refractivity contribution is 0.160. The Kier molecular flexibility index (Phi) is 4.78. The molecule has 0 radical (unpaired) electrons. The second-order valence-corrected chi connectivity index (χ2v) is 6.30. The first-order valence-electron chi connectivity index (χ1n) is 8.20. The molecule has 6 nitrogen and oxygen atoms in total. The van der Waals surface area contributed by atoms with Gasteiger partial charge in [-0.25, -0.2) is 18.9 Å². The Morgan fingerprint density at radius 3 is 3.00 bits per heavy atom. The average Bonchev–Trinajstić information content (AvgIpc) is 3.12. The summed E-state index contributed by atoms with van der Waals surface area (Å²) in [6.45, 7) is 4.90. The number of nitrogens with one attached hydrogen (secondary N) is 1. The number of piperidine rings is 1. The first-order valence-corrected chi connectivity index (χ1v) is 8.20. The molecule has 1 N–H and O–H groups in total. The Hall–Kier alpha value is -2.44. The van der Waals surface area contributed by atoms with E-state index in [9.17, 15) is 9.18 Å². The van der Waals surface area contributed by atoms with E-state index in [1.54, 1.807) is 28.9 Å². The summed E-state index contributed by atoms with van der Waals surface area (Å²) in [5.41, 5.74) is 1.36. The first kappa shape index (κ1) is 16.4. The van der Waals surface area contributed by atoms with E-state index in [2.05, 4.69) is 15.4 Å². The van der Waals surface area contributed by atoms with Crippen LogP contribution in [0.2, 0.25) is 0 Å². The maximum Gasteiger partial charge on any atom is 0.317 e. The number of hydrogen-bond donors (Lipinski definition) is 1. The molecule has 2 amide bonds. The molecule has 1 saturated heterocycles. The maximum absolute atomic E-state index is 13.7. The minimum atomic E-state index is -0.252. The molecule has 1 aliphatic heterocycles. The van der Waals surface area contributed by atoms with Crippen LogP contribution < -0.4 is 5.32 Å². The summed E-state index contributed by atoms with van der Waals surface area (Å²) in [6.07, 6.45) is 5.09. The second kappa shape index (κ2) is 6.98. The molecule has 1 aliphatic rings. The van der Waals surface area contributed by atoms with E-state index < -0.39 is 0 Å². The van der Waals surface area contributed by atoms with Crippen molar-refractivity contribution >= 4 is 6.03 Å². The Balaban J connectivity index is 1.62. The van der Waals surface area contributed by atoms with Crippen molar-refractivity contribution in [2.24, 2.45) is 0 Å². The highest BCUT2D eigenvalue weighted by Crippen LogP contribution is 2.21. The van der Waals surface area contributed by atoms with Crippen LogP contribution in [0.1, 0.15) is 43.0 Å². The van der Waals surface area contributed by atoms with Gasteiger partial charge in [-0.3, -0.25) is 0 Å². The number of likely N-dealkylation sites (tertiary alicyclic amines) is 1. The summed E-state index contributed by atoms with van der Waals surface area (Å²) >= 11 is 0. The highest BCUT2D eigenvalue weighted by atomic mass is 19.1. The lowest BCUT2D eigenvalue weighted by atomic mass is 10.1. The quantitative estimate of drug-likeness (QED) is 0.941. The lowest BCUT2D eigenvalue weighted by Gasteiger charge is -2.33. The number of halogens is 1. The molecular formula is C17H22FN5O. The molecule has 1 aromatic heterocycles. The van der Waals surface area contributed by atoms with Crippen molar-refractivity contribution in [1.29, 1.82) is 0 Å². The number of aryl methyl sites for hydroxylation is 1. The number of amides is 2. The number of aromatic nitrogens is 3. The van der Waals surface area contributed by atoms with Gasteiger partial charge in [-0.15, -0.1) is 0 Å². The minimum absolute atomic E-state index is 0.131. The van der Waals surface area contributed by atoms with Gasteiger partial charge in [-0.2, -0.15) is 5.10 Å². The molecule has 0 saturated carbocycles. The predicted octanol–water partition coefficient (Wildman–Crippen LogP) is 2.83. The SMILES string of the molecule is Cc1ccc([C@H](C)NC(=O)N2CCC[C@H](n3cncn3)C2)cc1F. The van der Waals surface area contributed by atoms with Crippen LogP contribution in [0.4, 0.5) is 9.18 Å². The van der Waals surface area contributed by atoms with Crippen molar-refractivity contribution in [2.75, 3.05) is 13.1 Å². The second-order valence-electron chi connectivity index (χ2n) is 6.30. The van der Waals surface area contributed by atoms with Crippen molar-refractivity contribution in [3.63, 3.8) is 0 Å². The zero-order valence-electron chi connectivity index (χ0n) is 13.9. The fraction of sp³-hybridized carbons (Fsp3) is 0.471. The van der Waals surface area contributed by atoms with Gasteiger partial charge in [-0.1, -0.05) is 12.1 Å². The number of benzene rings is 1. The summed E-state index contributed by atoms with van der Waals surface area (Å²) in [6, 6.07) is 4.83. The molecule has 2 aromatic rings. The highest BCUT2D eigenvalue weighted by molar-refractivity contribution is 5.74.